The third kappa shape index (κ3) is 2.36. The maximum atomic E-state index is 13.4. The van der Waals surface area contributed by atoms with Crippen LogP contribution in [-0.4, -0.2) is 19.2 Å². The fourth-order valence-corrected chi connectivity index (χ4v) is 1.93. The third-order valence-electron chi connectivity index (χ3n) is 2.20. The number of rotatable bonds is 2. The topological polar surface area (TPSA) is 21.3 Å². The lowest BCUT2D eigenvalue weighted by Crippen LogP contribution is -2.20. The van der Waals surface area contributed by atoms with Crippen LogP contribution in [0.25, 0.3) is 0 Å². The normalized spacial score (nSPS) is 21.1. The summed E-state index contributed by atoms with van der Waals surface area (Å²) in [6.45, 7) is 1.77. The summed E-state index contributed by atoms with van der Waals surface area (Å²) in [5.41, 5.74) is 0. The first-order valence-electron chi connectivity index (χ1n) is 4.58. The second-order valence-electron chi connectivity index (χ2n) is 3.31. The minimum absolute atomic E-state index is 0.115. The van der Waals surface area contributed by atoms with Gasteiger partial charge in [-0.15, -0.1) is 0 Å². The lowest BCUT2D eigenvalue weighted by molar-refractivity contribution is 0.213. The van der Waals surface area contributed by atoms with Gasteiger partial charge in [0.1, 0.15) is 6.10 Å². The van der Waals surface area contributed by atoms with Gasteiger partial charge in [-0.3, -0.25) is 0 Å². The Kier molecular flexibility index (Phi) is 3.22. The van der Waals surface area contributed by atoms with Gasteiger partial charge in [0.15, 0.2) is 11.6 Å². The summed E-state index contributed by atoms with van der Waals surface area (Å²) < 4.78 is 19.8. The van der Waals surface area contributed by atoms with Crippen molar-refractivity contribution in [3.63, 3.8) is 0 Å². The summed E-state index contributed by atoms with van der Waals surface area (Å²) in [6.07, 6.45) is 1.07. The predicted molar refractivity (Wildman–Crippen MR) is 61.0 cm³/mol. The molecule has 1 N–H and O–H groups in total. The second-order valence-corrected chi connectivity index (χ2v) is 4.55. The maximum Gasteiger partial charge on any atom is 0.166 e. The third-order valence-corrected chi connectivity index (χ3v) is 2.87. The molecule has 2 nitrogen and oxygen atoms in total. The van der Waals surface area contributed by atoms with Crippen LogP contribution in [0.1, 0.15) is 6.42 Å². The van der Waals surface area contributed by atoms with Crippen molar-refractivity contribution >= 4 is 22.6 Å². The van der Waals surface area contributed by atoms with Crippen LogP contribution in [0.4, 0.5) is 4.39 Å². The Morgan fingerprint density at radius 3 is 3.00 bits per heavy atom. The van der Waals surface area contributed by atoms with Gasteiger partial charge in [0.25, 0.3) is 0 Å². The van der Waals surface area contributed by atoms with Crippen LogP contribution in [-0.2, 0) is 0 Å². The molecule has 1 saturated heterocycles. The smallest absolute Gasteiger partial charge is 0.166 e. The van der Waals surface area contributed by atoms with E-state index in [2.05, 4.69) is 27.9 Å². The molecule has 1 aromatic rings. The molecule has 1 fully saturated rings. The standard InChI is InChI=1S/C10H11FINO/c11-9-5-7(12)1-2-10(9)14-8-3-4-13-6-8/h1-2,5,8,13H,3-4,6H2/t8-/m1/s1. The highest BCUT2D eigenvalue weighted by molar-refractivity contribution is 14.1. The number of ether oxygens (including phenoxy) is 1. The van der Waals surface area contributed by atoms with Gasteiger partial charge in [0.2, 0.25) is 0 Å². The number of hydrogen-bond donors (Lipinski definition) is 1. The van der Waals surface area contributed by atoms with Gasteiger partial charge in [-0.1, -0.05) is 0 Å². The SMILES string of the molecule is Fc1cc(I)ccc1O[C@@H]1CCNC1. The molecule has 2 rings (SSSR count). The summed E-state index contributed by atoms with van der Waals surface area (Å²) in [5, 5.41) is 3.17. The van der Waals surface area contributed by atoms with E-state index in [1.807, 2.05) is 6.07 Å². The molecule has 0 saturated carbocycles. The predicted octanol–water partition coefficient (Wildman–Crippen LogP) is 2.17. The van der Waals surface area contributed by atoms with Crippen molar-refractivity contribution in [3.8, 4) is 5.75 Å². The zero-order valence-electron chi connectivity index (χ0n) is 7.59. The Hall–Kier alpha value is -0.360. The molecule has 1 atom stereocenters. The molecule has 1 aliphatic heterocycles. The van der Waals surface area contributed by atoms with Gasteiger partial charge < -0.3 is 10.1 Å². The van der Waals surface area contributed by atoms with Gasteiger partial charge in [-0.25, -0.2) is 4.39 Å². The van der Waals surface area contributed by atoms with Crippen LogP contribution in [0.15, 0.2) is 18.2 Å². The largest absolute Gasteiger partial charge is 0.486 e. The minimum Gasteiger partial charge on any atom is -0.486 e. The van der Waals surface area contributed by atoms with Gasteiger partial charge >= 0.3 is 0 Å². The van der Waals surface area contributed by atoms with Gasteiger partial charge in [-0.05, 0) is 53.8 Å². The van der Waals surface area contributed by atoms with Crippen LogP contribution >= 0.6 is 22.6 Å². The average Bonchev–Trinajstić information content (AvgIpc) is 2.62. The summed E-state index contributed by atoms with van der Waals surface area (Å²) in [5.74, 6) is 0.0860. The fraction of sp³-hybridized carbons (Fsp3) is 0.400. The molecule has 0 bridgehead atoms. The number of hydrogen-bond acceptors (Lipinski definition) is 2. The average molecular weight is 307 g/mol. The molecule has 1 aliphatic rings. The maximum absolute atomic E-state index is 13.4. The van der Waals surface area contributed by atoms with E-state index in [-0.39, 0.29) is 11.9 Å². The number of benzene rings is 1. The van der Waals surface area contributed by atoms with Crippen molar-refractivity contribution in [3.05, 3.63) is 27.6 Å². The zero-order valence-corrected chi connectivity index (χ0v) is 9.75. The highest BCUT2D eigenvalue weighted by Gasteiger charge is 2.17. The summed E-state index contributed by atoms with van der Waals surface area (Å²) in [7, 11) is 0. The van der Waals surface area contributed by atoms with Crippen molar-refractivity contribution in [1.82, 2.24) is 5.32 Å². The lowest BCUT2D eigenvalue weighted by Gasteiger charge is -2.12. The quantitative estimate of drug-likeness (QED) is 0.846. The van der Waals surface area contributed by atoms with Gasteiger partial charge in [0, 0.05) is 10.1 Å². The zero-order chi connectivity index (χ0) is 9.97. The first kappa shape index (κ1) is 10.2. The van der Waals surface area contributed by atoms with E-state index in [1.165, 1.54) is 6.07 Å². The lowest BCUT2D eigenvalue weighted by atomic mass is 10.3. The first-order valence-corrected chi connectivity index (χ1v) is 5.66. The molecule has 0 amide bonds. The Labute approximate surface area is 96.0 Å². The Bertz CT molecular complexity index is 326. The molecule has 76 valence electrons. The van der Waals surface area contributed by atoms with E-state index < -0.39 is 0 Å². The molecule has 0 spiro atoms. The van der Waals surface area contributed by atoms with E-state index in [0.29, 0.717) is 5.75 Å². The highest BCUT2D eigenvalue weighted by atomic mass is 127. The second kappa shape index (κ2) is 4.44. The Morgan fingerprint density at radius 1 is 1.50 bits per heavy atom. The van der Waals surface area contributed by atoms with E-state index in [4.69, 9.17) is 4.74 Å². The van der Waals surface area contributed by atoms with Crippen LogP contribution in [0.5, 0.6) is 5.75 Å². The molecule has 1 aromatic carbocycles. The molecule has 14 heavy (non-hydrogen) atoms. The van der Waals surface area contributed by atoms with Gasteiger partial charge in [-0.2, -0.15) is 0 Å². The molecular formula is C10H11FINO. The van der Waals surface area contributed by atoms with Gasteiger partial charge in [0.05, 0.1) is 0 Å². The van der Waals surface area contributed by atoms with E-state index in [0.717, 1.165) is 23.1 Å². The fourth-order valence-electron chi connectivity index (χ4n) is 1.48. The van der Waals surface area contributed by atoms with Crippen molar-refractivity contribution < 1.29 is 9.13 Å². The van der Waals surface area contributed by atoms with Crippen molar-refractivity contribution in [1.29, 1.82) is 0 Å². The first-order chi connectivity index (χ1) is 6.75. The van der Waals surface area contributed by atoms with Crippen LogP contribution in [0.2, 0.25) is 0 Å². The Balaban J connectivity index is 2.08. The summed E-state index contributed by atoms with van der Waals surface area (Å²) in [6, 6.07) is 5.02. The minimum atomic E-state index is -0.274. The molecule has 4 heteroatoms. The summed E-state index contributed by atoms with van der Waals surface area (Å²) in [4.78, 5) is 0. The number of nitrogens with one attached hydrogen (secondary N) is 1. The molecule has 0 unspecified atom stereocenters. The van der Waals surface area contributed by atoms with Crippen molar-refractivity contribution in [2.24, 2.45) is 0 Å². The van der Waals surface area contributed by atoms with Crippen LogP contribution < -0.4 is 10.1 Å². The van der Waals surface area contributed by atoms with E-state index >= 15 is 0 Å². The molecule has 0 radical (unpaired) electrons. The monoisotopic (exact) mass is 307 g/mol. The highest BCUT2D eigenvalue weighted by Crippen LogP contribution is 2.21. The molecule has 0 aliphatic carbocycles. The molecule has 1 heterocycles. The van der Waals surface area contributed by atoms with Crippen LogP contribution in [0, 0.1) is 9.39 Å². The van der Waals surface area contributed by atoms with Crippen LogP contribution in [0.3, 0.4) is 0 Å². The van der Waals surface area contributed by atoms with E-state index in [9.17, 15) is 4.39 Å². The van der Waals surface area contributed by atoms with E-state index in [1.54, 1.807) is 6.07 Å². The molecular weight excluding hydrogens is 296 g/mol. The van der Waals surface area contributed by atoms with Crippen molar-refractivity contribution in [2.75, 3.05) is 13.1 Å². The number of halogens is 2. The van der Waals surface area contributed by atoms with Crippen molar-refractivity contribution in [2.45, 2.75) is 12.5 Å². The molecule has 0 aromatic heterocycles. The summed E-state index contributed by atoms with van der Waals surface area (Å²) >= 11 is 2.08. The Morgan fingerprint density at radius 2 is 2.36 bits per heavy atom.